The van der Waals surface area contributed by atoms with Gasteiger partial charge < -0.3 is 4.74 Å². The summed E-state index contributed by atoms with van der Waals surface area (Å²) in [5, 5.41) is 0.0668. The fourth-order valence-corrected chi connectivity index (χ4v) is 3.45. The molecule has 3 rings (SSSR count). The van der Waals surface area contributed by atoms with Gasteiger partial charge in [0.15, 0.2) is 5.67 Å². The summed E-state index contributed by atoms with van der Waals surface area (Å²) < 4.78 is 60.9. The van der Waals surface area contributed by atoms with E-state index in [2.05, 4.69) is 0 Å². The van der Waals surface area contributed by atoms with Crippen molar-refractivity contribution in [1.29, 1.82) is 0 Å². The van der Waals surface area contributed by atoms with Crippen molar-refractivity contribution in [3.63, 3.8) is 0 Å². The summed E-state index contributed by atoms with van der Waals surface area (Å²) in [4.78, 5) is 26.4. The van der Waals surface area contributed by atoms with Crippen molar-refractivity contribution < 1.29 is 22.3 Å². The van der Waals surface area contributed by atoms with Gasteiger partial charge in [0, 0.05) is 18.2 Å². The number of allylic oxidation sites excluding steroid dienone is 4. The fourth-order valence-electron chi connectivity index (χ4n) is 3.14. The molecule has 10 heteroatoms. The first-order chi connectivity index (χ1) is 13.6. The van der Waals surface area contributed by atoms with E-state index >= 15 is 4.39 Å². The molecule has 2 aromatic rings. The summed E-state index contributed by atoms with van der Waals surface area (Å²) >= 11 is 6.20. The Bertz CT molecular complexity index is 1120. The van der Waals surface area contributed by atoms with Crippen LogP contribution in [0, 0.1) is 0 Å². The Hall–Kier alpha value is -2.81. The quantitative estimate of drug-likeness (QED) is 0.745. The standard InChI is InChI=1S/C19H15ClF4N2O3/c1-29-13-6-4-5-11(15(13)20)12-9-26(17(28)25-16(12)27)10-18(21)8-3-2-7-14(18)19(22,23)24/h2-7,9H,8,10H2,1H3,(H,25,27,28). The number of nitrogens with zero attached hydrogens (tertiary/aromatic N) is 1. The molecule has 1 N–H and O–H groups in total. The third kappa shape index (κ3) is 4.00. The van der Waals surface area contributed by atoms with Gasteiger partial charge in [-0.2, -0.15) is 13.2 Å². The Morgan fingerprint density at radius 1 is 1.28 bits per heavy atom. The molecule has 1 atom stereocenters. The van der Waals surface area contributed by atoms with Crippen molar-refractivity contribution in [2.45, 2.75) is 24.8 Å². The molecule has 1 aromatic carbocycles. The van der Waals surface area contributed by atoms with Crippen LogP contribution in [-0.4, -0.2) is 28.5 Å². The predicted molar refractivity (Wildman–Crippen MR) is 100 cm³/mol. The molecule has 1 aliphatic rings. The predicted octanol–water partition coefficient (Wildman–Crippen LogP) is 4.02. The van der Waals surface area contributed by atoms with E-state index in [1.807, 2.05) is 4.98 Å². The van der Waals surface area contributed by atoms with Crippen LogP contribution in [0.1, 0.15) is 6.42 Å². The second-order valence-corrected chi connectivity index (χ2v) is 6.81. The van der Waals surface area contributed by atoms with Crippen LogP contribution in [0.15, 0.2) is 57.8 Å². The molecule has 1 aromatic heterocycles. The Labute approximate surface area is 166 Å². The minimum atomic E-state index is -4.91. The summed E-state index contributed by atoms with van der Waals surface area (Å²) in [6.07, 6.45) is -1.50. The summed E-state index contributed by atoms with van der Waals surface area (Å²) in [7, 11) is 1.37. The molecular formula is C19H15ClF4N2O3. The fraction of sp³-hybridized carbons (Fsp3) is 0.263. The van der Waals surface area contributed by atoms with Crippen LogP contribution in [-0.2, 0) is 6.54 Å². The number of rotatable bonds is 4. The zero-order valence-electron chi connectivity index (χ0n) is 15.0. The lowest BCUT2D eigenvalue weighted by Gasteiger charge is -2.31. The summed E-state index contributed by atoms with van der Waals surface area (Å²) in [6.45, 7) is -0.938. The highest BCUT2D eigenvalue weighted by Crippen LogP contribution is 2.42. The van der Waals surface area contributed by atoms with Crippen LogP contribution in [0.5, 0.6) is 5.75 Å². The second kappa shape index (κ2) is 7.55. The smallest absolute Gasteiger partial charge is 0.415 e. The van der Waals surface area contributed by atoms with E-state index in [4.69, 9.17) is 16.3 Å². The first-order valence-electron chi connectivity index (χ1n) is 8.37. The molecule has 0 amide bonds. The molecule has 5 nitrogen and oxygen atoms in total. The number of methoxy groups -OCH3 is 1. The number of hydrogen-bond acceptors (Lipinski definition) is 3. The molecule has 29 heavy (non-hydrogen) atoms. The first kappa shape index (κ1) is 20.9. The molecule has 0 spiro atoms. The Balaban J connectivity index is 2.10. The van der Waals surface area contributed by atoms with Crippen molar-refractivity contribution >= 4 is 11.6 Å². The average Bonchev–Trinajstić information content (AvgIpc) is 2.64. The molecule has 154 valence electrons. The average molecular weight is 431 g/mol. The van der Waals surface area contributed by atoms with Crippen molar-refractivity contribution in [3.8, 4) is 16.9 Å². The maximum Gasteiger partial charge on any atom is 0.415 e. The van der Waals surface area contributed by atoms with Crippen LogP contribution in [0.2, 0.25) is 5.02 Å². The minimum Gasteiger partial charge on any atom is -0.495 e. The topological polar surface area (TPSA) is 64.1 Å². The first-order valence-corrected chi connectivity index (χ1v) is 8.74. The number of alkyl halides is 4. The highest BCUT2D eigenvalue weighted by Gasteiger charge is 2.49. The molecule has 0 fully saturated rings. The van der Waals surface area contributed by atoms with Crippen LogP contribution < -0.4 is 16.0 Å². The third-order valence-electron chi connectivity index (χ3n) is 4.53. The Kier molecular flexibility index (Phi) is 5.44. The van der Waals surface area contributed by atoms with E-state index in [0.717, 1.165) is 12.3 Å². The zero-order valence-corrected chi connectivity index (χ0v) is 15.8. The monoisotopic (exact) mass is 430 g/mol. The zero-order chi connectivity index (χ0) is 21.4. The number of aromatic amines is 1. The number of aromatic nitrogens is 2. The van der Waals surface area contributed by atoms with Crippen molar-refractivity contribution in [2.75, 3.05) is 7.11 Å². The molecule has 1 unspecified atom stereocenters. The van der Waals surface area contributed by atoms with Gasteiger partial charge in [-0.05, 0) is 6.07 Å². The van der Waals surface area contributed by atoms with E-state index in [-0.39, 0.29) is 21.9 Å². The molecule has 0 aliphatic heterocycles. The third-order valence-corrected chi connectivity index (χ3v) is 4.92. The van der Waals surface area contributed by atoms with Crippen molar-refractivity contribution in [3.05, 3.63) is 74.1 Å². The Morgan fingerprint density at radius 2 is 2.00 bits per heavy atom. The number of hydrogen-bond donors (Lipinski definition) is 1. The normalized spacial score (nSPS) is 19.2. The molecule has 0 saturated heterocycles. The molecule has 0 bridgehead atoms. The van der Waals surface area contributed by atoms with Gasteiger partial charge in [-0.25, -0.2) is 9.18 Å². The van der Waals surface area contributed by atoms with Gasteiger partial charge in [-0.3, -0.25) is 14.3 Å². The summed E-state index contributed by atoms with van der Waals surface area (Å²) in [6, 6.07) is 4.56. The SMILES string of the molecule is COc1cccc(-c2cn(CC3(F)CC=CC=C3C(F)(F)F)c(=O)[nH]c2=O)c1Cl. The molecule has 1 heterocycles. The van der Waals surface area contributed by atoms with Crippen molar-refractivity contribution in [2.24, 2.45) is 0 Å². The molecular weight excluding hydrogens is 416 g/mol. The lowest BCUT2D eigenvalue weighted by Crippen LogP contribution is -2.43. The number of halogens is 5. The maximum absolute atomic E-state index is 15.3. The van der Waals surface area contributed by atoms with Gasteiger partial charge in [0.1, 0.15) is 5.75 Å². The van der Waals surface area contributed by atoms with E-state index in [1.165, 1.54) is 19.3 Å². The number of H-pyrrole nitrogens is 1. The summed E-state index contributed by atoms with van der Waals surface area (Å²) in [5.41, 5.74) is -6.04. The van der Waals surface area contributed by atoms with Gasteiger partial charge in [0.05, 0.1) is 29.8 Å². The molecule has 0 saturated carbocycles. The van der Waals surface area contributed by atoms with E-state index < -0.39 is 41.6 Å². The van der Waals surface area contributed by atoms with E-state index in [0.29, 0.717) is 10.6 Å². The Morgan fingerprint density at radius 3 is 2.66 bits per heavy atom. The lowest BCUT2D eigenvalue weighted by molar-refractivity contribution is -0.112. The largest absolute Gasteiger partial charge is 0.495 e. The van der Waals surface area contributed by atoms with Gasteiger partial charge >= 0.3 is 11.9 Å². The van der Waals surface area contributed by atoms with Crippen LogP contribution in [0.4, 0.5) is 17.6 Å². The van der Waals surface area contributed by atoms with Gasteiger partial charge in [0.25, 0.3) is 5.56 Å². The van der Waals surface area contributed by atoms with Gasteiger partial charge in [-0.15, -0.1) is 0 Å². The van der Waals surface area contributed by atoms with E-state index in [1.54, 1.807) is 12.1 Å². The number of ether oxygens (including phenoxy) is 1. The van der Waals surface area contributed by atoms with Crippen LogP contribution in [0.3, 0.4) is 0 Å². The van der Waals surface area contributed by atoms with Gasteiger partial charge in [0.2, 0.25) is 0 Å². The second-order valence-electron chi connectivity index (χ2n) is 6.43. The number of benzene rings is 1. The number of nitrogens with one attached hydrogen (secondary N) is 1. The van der Waals surface area contributed by atoms with E-state index in [9.17, 15) is 22.8 Å². The molecule has 0 radical (unpaired) electrons. The highest BCUT2D eigenvalue weighted by molar-refractivity contribution is 6.34. The summed E-state index contributed by atoms with van der Waals surface area (Å²) in [5.74, 6) is 0.253. The maximum atomic E-state index is 15.3. The van der Waals surface area contributed by atoms with Crippen LogP contribution in [0.25, 0.3) is 11.1 Å². The highest BCUT2D eigenvalue weighted by atomic mass is 35.5. The van der Waals surface area contributed by atoms with Crippen LogP contribution >= 0.6 is 11.6 Å². The minimum absolute atomic E-state index is 0.0668. The van der Waals surface area contributed by atoms with Gasteiger partial charge in [-0.1, -0.05) is 42.0 Å². The van der Waals surface area contributed by atoms with Crippen molar-refractivity contribution in [1.82, 2.24) is 9.55 Å². The molecule has 1 aliphatic carbocycles. The lowest BCUT2D eigenvalue weighted by atomic mass is 9.87.